The average molecular weight is 259 g/mol. The topological polar surface area (TPSA) is 12.0 Å². The maximum absolute atomic E-state index is 3.65. The van der Waals surface area contributed by atoms with Crippen molar-refractivity contribution in [2.24, 2.45) is 0 Å². The van der Waals surface area contributed by atoms with Crippen molar-refractivity contribution in [1.82, 2.24) is 5.32 Å². The Kier molecular flexibility index (Phi) is 4.56. The van der Waals surface area contributed by atoms with Gasteiger partial charge >= 0.3 is 0 Å². The molecule has 0 radical (unpaired) electrons. The molecule has 1 N–H and O–H groups in total. The molecule has 2 aromatic rings. The third kappa shape index (κ3) is 3.21. The molecule has 1 heterocycles. The molecule has 1 aromatic carbocycles. The van der Waals surface area contributed by atoms with E-state index in [1.807, 2.05) is 11.3 Å². The number of benzene rings is 1. The first kappa shape index (κ1) is 13.3. The summed E-state index contributed by atoms with van der Waals surface area (Å²) in [4.78, 5) is 2.78. The van der Waals surface area contributed by atoms with Crippen molar-refractivity contribution < 1.29 is 0 Å². The van der Waals surface area contributed by atoms with Gasteiger partial charge in [0.05, 0.1) is 6.04 Å². The number of nitrogens with one attached hydrogen (secondary N) is 1. The third-order valence-electron chi connectivity index (χ3n) is 3.02. The van der Waals surface area contributed by atoms with Gasteiger partial charge < -0.3 is 5.32 Å². The Bertz CT molecular complexity index is 501. The molecule has 0 bridgehead atoms. The van der Waals surface area contributed by atoms with Crippen LogP contribution in [-0.4, -0.2) is 6.54 Å². The van der Waals surface area contributed by atoms with Gasteiger partial charge in [-0.1, -0.05) is 36.8 Å². The summed E-state index contributed by atoms with van der Waals surface area (Å²) in [5, 5.41) is 3.65. The van der Waals surface area contributed by atoms with Crippen LogP contribution in [0.5, 0.6) is 0 Å². The summed E-state index contributed by atoms with van der Waals surface area (Å²) in [6.07, 6.45) is 1.16. The largest absolute Gasteiger partial charge is 0.306 e. The third-order valence-corrected chi connectivity index (χ3v) is 4.09. The van der Waals surface area contributed by atoms with Gasteiger partial charge in [-0.15, -0.1) is 11.3 Å². The lowest BCUT2D eigenvalue weighted by molar-refractivity contribution is 0.605. The van der Waals surface area contributed by atoms with Crippen LogP contribution < -0.4 is 5.32 Å². The van der Waals surface area contributed by atoms with E-state index in [0.717, 1.165) is 13.0 Å². The molecule has 0 saturated carbocycles. The molecule has 0 fully saturated rings. The highest BCUT2D eigenvalue weighted by Crippen LogP contribution is 2.28. The number of aryl methyl sites for hydroxylation is 2. The number of hydrogen-bond acceptors (Lipinski definition) is 2. The normalized spacial score (nSPS) is 12.6. The monoisotopic (exact) mass is 259 g/mol. The van der Waals surface area contributed by atoms with E-state index in [1.165, 1.54) is 20.9 Å². The minimum absolute atomic E-state index is 0.337. The first-order valence-corrected chi connectivity index (χ1v) is 7.38. The molecule has 0 aliphatic rings. The second-order valence-electron chi connectivity index (χ2n) is 4.75. The molecule has 0 aliphatic heterocycles. The van der Waals surface area contributed by atoms with Crippen LogP contribution in [0.1, 0.15) is 40.3 Å². The SMILES string of the molecule is CCCNC(c1cccc(C)c1)c1ccc(C)s1. The summed E-state index contributed by atoms with van der Waals surface area (Å²) in [6, 6.07) is 13.6. The Balaban J connectivity index is 2.30. The smallest absolute Gasteiger partial charge is 0.0671 e. The van der Waals surface area contributed by atoms with Crippen LogP contribution in [0.15, 0.2) is 36.4 Å². The minimum atomic E-state index is 0.337. The Morgan fingerprint density at radius 1 is 1.17 bits per heavy atom. The molecule has 2 heteroatoms. The fraction of sp³-hybridized carbons (Fsp3) is 0.375. The predicted molar refractivity (Wildman–Crippen MR) is 80.4 cm³/mol. The quantitative estimate of drug-likeness (QED) is 0.836. The number of rotatable bonds is 5. The summed E-state index contributed by atoms with van der Waals surface area (Å²) >= 11 is 1.88. The Morgan fingerprint density at radius 3 is 2.61 bits per heavy atom. The van der Waals surface area contributed by atoms with Crippen molar-refractivity contribution in [2.45, 2.75) is 33.2 Å². The van der Waals surface area contributed by atoms with Crippen molar-refractivity contribution >= 4 is 11.3 Å². The van der Waals surface area contributed by atoms with E-state index in [1.54, 1.807) is 0 Å². The second kappa shape index (κ2) is 6.17. The maximum atomic E-state index is 3.65. The van der Waals surface area contributed by atoms with Crippen molar-refractivity contribution in [3.05, 3.63) is 57.3 Å². The Hall–Kier alpha value is -1.12. The molecule has 18 heavy (non-hydrogen) atoms. The summed E-state index contributed by atoms with van der Waals surface area (Å²) in [5.41, 5.74) is 2.69. The van der Waals surface area contributed by atoms with Gasteiger partial charge in [0, 0.05) is 9.75 Å². The van der Waals surface area contributed by atoms with Gasteiger partial charge in [-0.3, -0.25) is 0 Å². The van der Waals surface area contributed by atoms with E-state index in [0.29, 0.717) is 6.04 Å². The predicted octanol–water partition coefficient (Wildman–Crippen LogP) is 4.45. The van der Waals surface area contributed by atoms with Gasteiger partial charge in [0.1, 0.15) is 0 Å². The second-order valence-corrected chi connectivity index (χ2v) is 6.07. The molecular formula is C16H21NS. The van der Waals surface area contributed by atoms with E-state index >= 15 is 0 Å². The van der Waals surface area contributed by atoms with E-state index in [-0.39, 0.29) is 0 Å². The van der Waals surface area contributed by atoms with E-state index in [4.69, 9.17) is 0 Å². The molecule has 2 rings (SSSR count). The fourth-order valence-corrected chi connectivity index (χ4v) is 3.11. The zero-order chi connectivity index (χ0) is 13.0. The molecule has 0 amide bonds. The van der Waals surface area contributed by atoms with E-state index < -0.39 is 0 Å². The summed E-state index contributed by atoms with van der Waals surface area (Å²) in [7, 11) is 0. The van der Waals surface area contributed by atoms with Gasteiger partial charge in [0.2, 0.25) is 0 Å². The van der Waals surface area contributed by atoms with Gasteiger partial charge in [-0.05, 0) is 44.5 Å². The zero-order valence-electron chi connectivity index (χ0n) is 11.4. The average Bonchev–Trinajstić information content (AvgIpc) is 2.76. The van der Waals surface area contributed by atoms with Crippen LogP contribution in [0.4, 0.5) is 0 Å². The molecule has 0 aliphatic carbocycles. The molecule has 0 saturated heterocycles. The van der Waals surface area contributed by atoms with Crippen LogP contribution in [0.25, 0.3) is 0 Å². The molecule has 1 nitrogen and oxygen atoms in total. The first-order valence-electron chi connectivity index (χ1n) is 6.57. The van der Waals surface area contributed by atoms with Gasteiger partial charge in [0.25, 0.3) is 0 Å². The molecule has 1 atom stereocenters. The van der Waals surface area contributed by atoms with Crippen LogP contribution >= 0.6 is 11.3 Å². The van der Waals surface area contributed by atoms with Gasteiger partial charge in [0.15, 0.2) is 0 Å². The lowest BCUT2D eigenvalue weighted by Gasteiger charge is -2.18. The standard InChI is InChI=1S/C16H21NS/c1-4-10-17-16(15-9-8-13(3)18-15)14-7-5-6-12(2)11-14/h5-9,11,16-17H,4,10H2,1-3H3. The highest BCUT2D eigenvalue weighted by Gasteiger charge is 2.14. The van der Waals surface area contributed by atoms with Gasteiger partial charge in [-0.2, -0.15) is 0 Å². The molecular weight excluding hydrogens is 238 g/mol. The van der Waals surface area contributed by atoms with Crippen molar-refractivity contribution in [3.63, 3.8) is 0 Å². The van der Waals surface area contributed by atoms with E-state index in [9.17, 15) is 0 Å². The lowest BCUT2D eigenvalue weighted by atomic mass is 10.0. The van der Waals surface area contributed by atoms with Crippen molar-refractivity contribution in [1.29, 1.82) is 0 Å². The zero-order valence-corrected chi connectivity index (χ0v) is 12.2. The first-order chi connectivity index (χ1) is 8.70. The van der Waals surface area contributed by atoms with Crippen molar-refractivity contribution in [3.8, 4) is 0 Å². The van der Waals surface area contributed by atoms with Crippen LogP contribution in [-0.2, 0) is 0 Å². The van der Waals surface area contributed by atoms with Crippen molar-refractivity contribution in [2.75, 3.05) is 6.54 Å². The Labute approximate surface area is 114 Å². The van der Waals surface area contributed by atoms with Crippen LogP contribution in [0.3, 0.4) is 0 Å². The summed E-state index contributed by atoms with van der Waals surface area (Å²) in [6.45, 7) is 7.58. The fourth-order valence-electron chi connectivity index (χ4n) is 2.13. The minimum Gasteiger partial charge on any atom is -0.306 e. The van der Waals surface area contributed by atoms with Crippen LogP contribution in [0, 0.1) is 13.8 Å². The van der Waals surface area contributed by atoms with Gasteiger partial charge in [-0.25, -0.2) is 0 Å². The lowest BCUT2D eigenvalue weighted by Crippen LogP contribution is -2.22. The highest BCUT2D eigenvalue weighted by molar-refractivity contribution is 7.12. The van der Waals surface area contributed by atoms with E-state index in [2.05, 4.69) is 62.5 Å². The highest BCUT2D eigenvalue weighted by atomic mass is 32.1. The number of hydrogen-bond donors (Lipinski definition) is 1. The summed E-state index contributed by atoms with van der Waals surface area (Å²) in [5.74, 6) is 0. The number of thiophene rings is 1. The molecule has 0 spiro atoms. The molecule has 1 aromatic heterocycles. The molecule has 96 valence electrons. The maximum Gasteiger partial charge on any atom is 0.0671 e. The molecule has 1 unspecified atom stereocenters. The Morgan fingerprint density at radius 2 is 2.00 bits per heavy atom. The summed E-state index contributed by atoms with van der Waals surface area (Å²) < 4.78 is 0. The van der Waals surface area contributed by atoms with Crippen LogP contribution in [0.2, 0.25) is 0 Å².